The first-order valence-corrected chi connectivity index (χ1v) is 4.38. The van der Waals surface area contributed by atoms with Crippen molar-refractivity contribution in [2.75, 3.05) is 0 Å². The number of carbonyl (C=O) groups is 3. The molecule has 11 nitrogen and oxygen atoms in total. The highest BCUT2D eigenvalue weighted by molar-refractivity contribution is 8.01. The van der Waals surface area contributed by atoms with E-state index < -0.39 is 27.2 Å². The van der Waals surface area contributed by atoms with Crippen molar-refractivity contribution in [2.24, 2.45) is 0 Å². The SMILES string of the molecule is O=C(NO)C(=O)NOS(=O)(=O)C(=O)NO. The molecule has 0 unspecified atom stereocenters. The second-order valence-corrected chi connectivity index (χ2v) is 3.25. The van der Waals surface area contributed by atoms with Crippen LogP contribution in [0.3, 0.4) is 0 Å². The van der Waals surface area contributed by atoms with Crippen LogP contribution in [0.4, 0.5) is 4.79 Å². The molecule has 0 atom stereocenters. The summed E-state index contributed by atoms with van der Waals surface area (Å²) in [6, 6.07) is 0. The van der Waals surface area contributed by atoms with Gasteiger partial charge in [0, 0.05) is 0 Å². The maximum atomic E-state index is 10.6. The summed E-state index contributed by atoms with van der Waals surface area (Å²) < 4.78 is 24.6. The van der Waals surface area contributed by atoms with Crippen LogP contribution in [0.1, 0.15) is 0 Å². The Bertz CT molecular complexity index is 373. The molecule has 86 valence electrons. The van der Waals surface area contributed by atoms with Gasteiger partial charge < -0.3 is 0 Å². The van der Waals surface area contributed by atoms with Crippen molar-refractivity contribution in [3.63, 3.8) is 0 Å². The Morgan fingerprint density at radius 2 is 1.53 bits per heavy atom. The largest absolute Gasteiger partial charge is 0.388 e. The van der Waals surface area contributed by atoms with E-state index in [4.69, 9.17) is 10.4 Å². The molecular weight excluding hydrogens is 238 g/mol. The van der Waals surface area contributed by atoms with Gasteiger partial charge in [-0.25, -0.2) is 16.4 Å². The van der Waals surface area contributed by atoms with Crippen molar-refractivity contribution in [3.8, 4) is 0 Å². The summed E-state index contributed by atoms with van der Waals surface area (Å²) in [6.07, 6.45) is 0. The third kappa shape index (κ3) is 3.86. The fraction of sp³-hybridized carbons (Fsp3) is 0. The lowest BCUT2D eigenvalue weighted by Gasteiger charge is -2.02. The topological polar surface area (TPSA) is 171 Å². The number of rotatable bonds is 2. The minimum atomic E-state index is -4.94. The Morgan fingerprint density at radius 3 is 1.93 bits per heavy atom. The van der Waals surface area contributed by atoms with Crippen molar-refractivity contribution in [1.29, 1.82) is 0 Å². The second kappa shape index (κ2) is 5.20. The molecule has 0 aromatic carbocycles. The monoisotopic (exact) mass is 243 g/mol. The smallest absolute Gasteiger partial charge is 0.288 e. The minimum Gasteiger partial charge on any atom is -0.288 e. The molecule has 5 N–H and O–H groups in total. The van der Waals surface area contributed by atoms with Crippen molar-refractivity contribution < 1.29 is 37.5 Å². The zero-order chi connectivity index (χ0) is 12.1. The van der Waals surface area contributed by atoms with E-state index in [1.807, 2.05) is 0 Å². The average Bonchev–Trinajstić information content (AvgIpc) is 2.23. The molecule has 0 radical (unpaired) electrons. The van der Waals surface area contributed by atoms with Gasteiger partial charge in [-0.1, -0.05) is 0 Å². The fourth-order valence-electron chi connectivity index (χ4n) is 0.284. The van der Waals surface area contributed by atoms with Crippen molar-refractivity contribution >= 4 is 27.2 Å². The lowest BCUT2D eigenvalue weighted by Crippen LogP contribution is -2.41. The van der Waals surface area contributed by atoms with Crippen LogP contribution in [-0.2, 0) is 24.0 Å². The Labute approximate surface area is 82.0 Å². The molecule has 0 fully saturated rings. The summed E-state index contributed by atoms with van der Waals surface area (Å²) in [6.45, 7) is 0. The molecule has 0 spiro atoms. The molecule has 0 saturated carbocycles. The van der Waals surface area contributed by atoms with E-state index in [1.54, 1.807) is 0 Å². The van der Waals surface area contributed by atoms with Crippen molar-refractivity contribution in [1.82, 2.24) is 16.4 Å². The molecule has 15 heavy (non-hydrogen) atoms. The molecule has 0 aliphatic carbocycles. The van der Waals surface area contributed by atoms with Crippen LogP contribution in [0.25, 0.3) is 0 Å². The first-order valence-electron chi connectivity index (χ1n) is 2.97. The number of hydrogen-bond acceptors (Lipinski definition) is 8. The molecule has 0 rings (SSSR count). The van der Waals surface area contributed by atoms with Crippen LogP contribution >= 0.6 is 0 Å². The summed E-state index contributed by atoms with van der Waals surface area (Å²) in [4.78, 5) is 31.0. The van der Waals surface area contributed by atoms with Crippen LogP contribution < -0.4 is 16.4 Å². The van der Waals surface area contributed by atoms with E-state index in [2.05, 4.69) is 4.28 Å². The summed E-state index contributed by atoms with van der Waals surface area (Å²) in [7, 11) is -4.94. The lowest BCUT2D eigenvalue weighted by atomic mass is 10.6. The standard InChI is InChI=1S/C3H5N3O8S/c7-1(4-10)2(8)6-14-15(12,13)3(9)5-11/h10-11H,(H,4,7)(H,5,9)(H,6,8). The predicted octanol–water partition coefficient (Wildman–Crippen LogP) is -3.03. The molecule has 0 aliphatic rings. The summed E-state index contributed by atoms with van der Waals surface area (Å²) >= 11 is 0. The highest BCUT2D eigenvalue weighted by atomic mass is 32.2. The molecule has 0 heterocycles. The normalized spacial score (nSPS) is 10.3. The summed E-state index contributed by atoms with van der Waals surface area (Å²) in [5, 5.41) is 13.9. The van der Waals surface area contributed by atoms with Crippen LogP contribution in [0.15, 0.2) is 0 Å². The fourth-order valence-corrected chi connectivity index (χ4v) is 0.656. The molecule has 0 bridgehead atoms. The van der Waals surface area contributed by atoms with Crippen LogP contribution in [0.5, 0.6) is 0 Å². The Morgan fingerprint density at radius 1 is 1.00 bits per heavy atom. The third-order valence-corrected chi connectivity index (χ3v) is 1.72. The highest BCUT2D eigenvalue weighted by Crippen LogP contribution is 1.90. The highest BCUT2D eigenvalue weighted by Gasteiger charge is 2.25. The van der Waals surface area contributed by atoms with Crippen molar-refractivity contribution in [3.05, 3.63) is 0 Å². The van der Waals surface area contributed by atoms with Gasteiger partial charge in [-0.2, -0.15) is 8.42 Å². The van der Waals surface area contributed by atoms with Crippen LogP contribution in [0.2, 0.25) is 0 Å². The first kappa shape index (κ1) is 13.2. The average molecular weight is 243 g/mol. The molecule has 0 aliphatic heterocycles. The number of amides is 3. The zero-order valence-corrected chi connectivity index (χ0v) is 7.57. The third-order valence-electron chi connectivity index (χ3n) is 0.870. The zero-order valence-electron chi connectivity index (χ0n) is 6.75. The van der Waals surface area contributed by atoms with Crippen molar-refractivity contribution in [2.45, 2.75) is 0 Å². The summed E-state index contributed by atoms with van der Waals surface area (Å²) in [5.74, 6) is -3.29. The molecule has 0 aromatic heterocycles. The van der Waals surface area contributed by atoms with Gasteiger partial charge in [0.05, 0.1) is 0 Å². The van der Waals surface area contributed by atoms with E-state index in [-0.39, 0.29) is 0 Å². The van der Waals surface area contributed by atoms with Gasteiger partial charge in [0.2, 0.25) is 0 Å². The van der Waals surface area contributed by atoms with Gasteiger partial charge in [-0.3, -0.25) is 24.8 Å². The predicted molar refractivity (Wildman–Crippen MR) is 38.4 cm³/mol. The van der Waals surface area contributed by atoms with E-state index in [0.29, 0.717) is 0 Å². The number of hydroxylamine groups is 3. The molecular formula is C3H5N3O8S. The van der Waals surface area contributed by atoms with Gasteiger partial charge in [0.1, 0.15) is 0 Å². The Balaban J connectivity index is 4.35. The number of hydrogen-bond donors (Lipinski definition) is 5. The summed E-state index contributed by atoms with van der Waals surface area (Å²) in [5.41, 5.74) is 2.61. The van der Waals surface area contributed by atoms with Gasteiger partial charge in [0.15, 0.2) is 0 Å². The Hall–Kier alpha value is -1.76. The maximum absolute atomic E-state index is 10.6. The minimum absolute atomic E-state index is 0.719. The molecule has 12 heteroatoms. The second-order valence-electron chi connectivity index (χ2n) is 1.81. The van der Waals surface area contributed by atoms with Crippen LogP contribution in [-0.4, -0.2) is 35.9 Å². The van der Waals surface area contributed by atoms with E-state index in [0.717, 1.165) is 16.4 Å². The Kier molecular flexibility index (Phi) is 4.59. The number of carbonyl (C=O) groups excluding carboxylic acids is 3. The van der Waals surface area contributed by atoms with Gasteiger partial charge in [-0.15, -0.1) is 4.28 Å². The van der Waals surface area contributed by atoms with Gasteiger partial charge in [0.25, 0.3) is 0 Å². The molecule has 0 aromatic rings. The lowest BCUT2D eigenvalue weighted by molar-refractivity contribution is -0.147. The molecule has 3 amide bonds. The maximum Gasteiger partial charge on any atom is 0.388 e. The van der Waals surface area contributed by atoms with E-state index >= 15 is 0 Å². The molecule has 0 saturated heterocycles. The van der Waals surface area contributed by atoms with Gasteiger partial charge in [-0.05, 0) is 0 Å². The van der Waals surface area contributed by atoms with E-state index in [1.165, 1.54) is 0 Å². The first-order chi connectivity index (χ1) is 6.85. The quantitative estimate of drug-likeness (QED) is 0.193. The van der Waals surface area contributed by atoms with Crippen LogP contribution in [0, 0.1) is 0 Å². The van der Waals surface area contributed by atoms with Gasteiger partial charge >= 0.3 is 27.2 Å². The number of nitrogens with one attached hydrogen (secondary N) is 3. The van der Waals surface area contributed by atoms with E-state index in [9.17, 15) is 22.8 Å².